The van der Waals surface area contributed by atoms with Crippen molar-refractivity contribution >= 4 is 22.7 Å². The van der Waals surface area contributed by atoms with Gasteiger partial charge in [0.05, 0.1) is 6.04 Å². The third-order valence-electron chi connectivity index (χ3n) is 5.84. The molecule has 2 atom stereocenters. The van der Waals surface area contributed by atoms with Crippen LogP contribution in [0, 0.1) is 0 Å². The van der Waals surface area contributed by atoms with Gasteiger partial charge in [-0.05, 0) is 24.1 Å². The maximum absolute atomic E-state index is 13.2. The van der Waals surface area contributed by atoms with Gasteiger partial charge in [-0.2, -0.15) is 0 Å². The molecule has 1 aromatic heterocycles. The quantitative estimate of drug-likeness (QED) is 0.765. The number of piperazine rings is 1. The first-order chi connectivity index (χ1) is 13.1. The molecule has 5 rings (SSSR count). The van der Waals surface area contributed by atoms with Crippen LogP contribution in [0.25, 0.3) is 10.9 Å². The molecular weight excluding hydrogens is 338 g/mol. The number of aromatic nitrogens is 1. The van der Waals surface area contributed by atoms with E-state index >= 15 is 0 Å². The molecule has 2 amide bonds. The van der Waals surface area contributed by atoms with Gasteiger partial charge in [0.2, 0.25) is 11.8 Å². The number of fused-ring (bicyclic) bond motifs is 4. The van der Waals surface area contributed by atoms with Gasteiger partial charge in [0.15, 0.2) is 0 Å². The van der Waals surface area contributed by atoms with E-state index in [-0.39, 0.29) is 24.4 Å². The molecule has 1 fully saturated rings. The lowest BCUT2D eigenvalue weighted by Gasteiger charge is -2.46. The smallest absolute Gasteiger partial charge is 0.246 e. The molecule has 5 heteroatoms. The Morgan fingerprint density at radius 2 is 1.78 bits per heavy atom. The van der Waals surface area contributed by atoms with E-state index in [2.05, 4.69) is 11.1 Å². The summed E-state index contributed by atoms with van der Waals surface area (Å²) in [6.07, 6.45) is 0.569. The van der Waals surface area contributed by atoms with E-state index in [4.69, 9.17) is 0 Å². The SMILES string of the molecule is CC1c2[nH]c3ccccc3c2C[C@@H]2C(=O)N(Cc3ccccc3)CC(=O)N12. The lowest BCUT2D eigenvalue weighted by molar-refractivity contribution is -0.159. The van der Waals surface area contributed by atoms with E-state index in [0.29, 0.717) is 13.0 Å². The molecule has 0 bridgehead atoms. The molecule has 0 spiro atoms. The van der Waals surface area contributed by atoms with E-state index in [0.717, 1.165) is 22.2 Å². The van der Waals surface area contributed by atoms with Crippen molar-refractivity contribution in [3.63, 3.8) is 0 Å². The van der Waals surface area contributed by atoms with Gasteiger partial charge in [-0.15, -0.1) is 0 Å². The second-order valence-corrected chi connectivity index (χ2v) is 7.44. The molecular formula is C22H21N3O2. The monoisotopic (exact) mass is 359 g/mol. The van der Waals surface area contributed by atoms with Gasteiger partial charge in [-0.25, -0.2) is 0 Å². The van der Waals surface area contributed by atoms with Gasteiger partial charge < -0.3 is 14.8 Å². The lowest BCUT2D eigenvalue weighted by Crippen LogP contribution is -2.62. The Morgan fingerprint density at radius 3 is 2.59 bits per heavy atom. The van der Waals surface area contributed by atoms with E-state index in [1.54, 1.807) is 9.80 Å². The van der Waals surface area contributed by atoms with Crippen molar-refractivity contribution in [1.82, 2.24) is 14.8 Å². The topological polar surface area (TPSA) is 56.4 Å². The molecule has 136 valence electrons. The highest BCUT2D eigenvalue weighted by Gasteiger charge is 2.46. The molecule has 2 aliphatic heterocycles. The highest BCUT2D eigenvalue weighted by atomic mass is 16.2. The number of benzene rings is 2. The summed E-state index contributed by atoms with van der Waals surface area (Å²) >= 11 is 0. The third kappa shape index (κ3) is 2.46. The van der Waals surface area contributed by atoms with E-state index < -0.39 is 6.04 Å². The number of para-hydroxylation sites is 1. The number of carbonyl (C=O) groups is 2. The highest BCUT2D eigenvalue weighted by molar-refractivity contribution is 5.97. The maximum Gasteiger partial charge on any atom is 0.246 e. The number of nitrogens with zero attached hydrogens (tertiary/aromatic N) is 2. The van der Waals surface area contributed by atoms with Gasteiger partial charge in [0, 0.05) is 29.6 Å². The van der Waals surface area contributed by atoms with Gasteiger partial charge in [-0.1, -0.05) is 48.5 Å². The average molecular weight is 359 g/mol. The Morgan fingerprint density at radius 1 is 1.04 bits per heavy atom. The van der Waals surface area contributed by atoms with Crippen molar-refractivity contribution in [3.8, 4) is 0 Å². The summed E-state index contributed by atoms with van der Waals surface area (Å²) in [5, 5.41) is 1.15. The number of H-pyrrole nitrogens is 1. The first kappa shape index (κ1) is 16.1. The Labute approximate surface area is 157 Å². The summed E-state index contributed by atoms with van der Waals surface area (Å²) in [6.45, 7) is 2.63. The van der Waals surface area contributed by atoms with Crippen LogP contribution in [0.3, 0.4) is 0 Å². The summed E-state index contributed by atoms with van der Waals surface area (Å²) in [5.74, 6) is 0.0635. The summed E-state index contributed by atoms with van der Waals surface area (Å²) in [6, 6.07) is 17.5. The number of hydrogen-bond acceptors (Lipinski definition) is 2. The number of aromatic amines is 1. The van der Waals surface area contributed by atoms with E-state index in [1.165, 1.54) is 5.56 Å². The van der Waals surface area contributed by atoms with Crippen molar-refractivity contribution < 1.29 is 9.59 Å². The number of rotatable bonds is 2. The van der Waals surface area contributed by atoms with Crippen LogP contribution in [0.15, 0.2) is 54.6 Å². The van der Waals surface area contributed by atoms with Gasteiger partial charge in [0.25, 0.3) is 0 Å². The molecule has 2 aromatic carbocycles. The Balaban J connectivity index is 1.52. The molecule has 27 heavy (non-hydrogen) atoms. The maximum atomic E-state index is 13.2. The summed E-state index contributed by atoms with van der Waals surface area (Å²) in [7, 11) is 0. The fourth-order valence-electron chi connectivity index (χ4n) is 4.57. The van der Waals surface area contributed by atoms with Crippen molar-refractivity contribution in [2.75, 3.05) is 6.54 Å². The molecule has 1 unspecified atom stereocenters. The van der Waals surface area contributed by atoms with E-state index in [1.807, 2.05) is 55.5 Å². The number of amides is 2. The molecule has 1 N–H and O–H groups in total. The predicted octanol–water partition coefficient (Wildman–Crippen LogP) is 3.02. The first-order valence-electron chi connectivity index (χ1n) is 9.37. The normalized spacial score (nSPS) is 22.1. The Hall–Kier alpha value is -3.08. The zero-order valence-corrected chi connectivity index (χ0v) is 15.2. The second kappa shape index (κ2) is 5.98. The van der Waals surface area contributed by atoms with Gasteiger partial charge in [0.1, 0.15) is 12.6 Å². The van der Waals surface area contributed by atoms with Crippen LogP contribution in [0.4, 0.5) is 0 Å². The molecule has 2 aliphatic rings. The summed E-state index contributed by atoms with van der Waals surface area (Å²) in [5.41, 5.74) is 4.34. The van der Waals surface area contributed by atoms with Crippen LogP contribution >= 0.6 is 0 Å². The van der Waals surface area contributed by atoms with Crippen molar-refractivity contribution in [3.05, 3.63) is 71.4 Å². The third-order valence-corrected chi connectivity index (χ3v) is 5.84. The lowest BCUT2D eigenvalue weighted by atomic mass is 9.90. The van der Waals surface area contributed by atoms with Crippen LogP contribution < -0.4 is 0 Å². The van der Waals surface area contributed by atoms with Crippen molar-refractivity contribution in [2.24, 2.45) is 0 Å². The zero-order chi connectivity index (χ0) is 18.5. The molecule has 3 aromatic rings. The van der Waals surface area contributed by atoms with Crippen LogP contribution in [0.1, 0.15) is 29.8 Å². The highest BCUT2D eigenvalue weighted by Crippen LogP contribution is 2.39. The summed E-state index contributed by atoms with van der Waals surface area (Å²) < 4.78 is 0. The number of hydrogen-bond donors (Lipinski definition) is 1. The zero-order valence-electron chi connectivity index (χ0n) is 15.2. The van der Waals surface area contributed by atoms with Crippen molar-refractivity contribution in [1.29, 1.82) is 0 Å². The van der Waals surface area contributed by atoms with Crippen LogP contribution in [-0.4, -0.2) is 39.2 Å². The molecule has 5 nitrogen and oxygen atoms in total. The number of nitrogens with one attached hydrogen (secondary N) is 1. The largest absolute Gasteiger partial charge is 0.356 e. The fraction of sp³-hybridized carbons (Fsp3) is 0.273. The molecule has 0 aliphatic carbocycles. The van der Waals surface area contributed by atoms with Crippen LogP contribution in [-0.2, 0) is 22.6 Å². The molecule has 0 saturated carbocycles. The Kier molecular flexibility index (Phi) is 3.57. The van der Waals surface area contributed by atoms with Crippen LogP contribution in [0.5, 0.6) is 0 Å². The second-order valence-electron chi connectivity index (χ2n) is 7.44. The van der Waals surface area contributed by atoms with Crippen molar-refractivity contribution in [2.45, 2.75) is 32.0 Å². The van der Waals surface area contributed by atoms with E-state index in [9.17, 15) is 9.59 Å². The molecule has 3 heterocycles. The Bertz CT molecular complexity index is 1040. The predicted molar refractivity (Wildman–Crippen MR) is 103 cm³/mol. The standard InChI is InChI=1S/C22H21N3O2/c1-14-21-17(16-9-5-6-10-18(16)23-21)11-19-22(27)24(13-20(26)25(14)19)12-15-7-3-2-4-8-15/h2-10,14,19,23H,11-13H2,1H3/t14?,19-/m1/s1. The molecule has 1 saturated heterocycles. The average Bonchev–Trinajstić information content (AvgIpc) is 3.06. The first-order valence-corrected chi connectivity index (χ1v) is 9.37. The number of carbonyl (C=O) groups excluding carboxylic acids is 2. The summed E-state index contributed by atoms with van der Waals surface area (Å²) in [4.78, 5) is 33.1. The minimum absolute atomic E-state index is 0.0207. The fourth-order valence-corrected chi connectivity index (χ4v) is 4.57. The van der Waals surface area contributed by atoms with Gasteiger partial charge in [-0.3, -0.25) is 9.59 Å². The van der Waals surface area contributed by atoms with Crippen LogP contribution in [0.2, 0.25) is 0 Å². The minimum Gasteiger partial charge on any atom is -0.356 e. The van der Waals surface area contributed by atoms with Gasteiger partial charge >= 0.3 is 0 Å². The molecule has 0 radical (unpaired) electrons. The minimum atomic E-state index is -0.420.